The van der Waals surface area contributed by atoms with Gasteiger partial charge in [-0.15, -0.1) is 10.2 Å². The van der Waals surface area contributed by atoms with Crippen LogP contribution in [-0.2, 0) is 4.79 Å². The molecular formula is C27H23N7O5. The van der Waals surface area contributed by atoms with E-state index in [1.807, 2.05) is 17.9 Å². The largest absolute Gasteiger partial charge is 0.370 e. The first kappa shape index (κ1) is 26.6. The van der Waals surface area contributed by atoms with E-state index >= 15 is 0 Å². The van der Waals surface area contributed by atoms with Crippen LogP contribution in [0.3, 0.4) is 0 Å². The van der Waals surface area contributed by atoms with E-state index in [2.05, 4.69) is 15.5 Å². The van der Waals surface area contributed by atoms with Gasteiger partial charge < -0.3 is 10.2 Å². The van der Waals surface area contributed by atoms with Crippen molar-refractivity contribution in [3.05, 3.63) is 87.5 Å². The minimum Gasteiger partial charge on any atom is -0.370 e. The Kier molecular flexibility index (Phi) is 7.72. The number of nitro groups is 1. The Morgan fingerprint density at radius 3 is 2.28 bits per heavy atom. The van der Waals surface area contributed by atoms with Crippen molar-refractivity contribution in [2.75, 3.05) is 29.9 Å². The van der Waals surface area contributed by atoms with E-state index in [0.29, 0.717) is 41.3 Å². The van der Waals surface area contributed by atoms with Gasteiger partial charge in [0.25, 0.3) is 17.5 Å². The van der Waals surface area contributed by atoms with Gasteiger partial charge in [-0.2, -0.15) is 5.26 Å². The van der Waals surface area contributed by atoms with Gasteiger partial charge in [-0.05, 0) is 43.3 Å². The predicted molar refractivity (Wildman–Crippen MR) is 142 cm³/mol. The van der Waals surface area contributed by atoms with E-state index < -0.39 is 4.92 Å². The van der Waals surface area contributed by atoms with Gasteiger partial charge in [0.2, 0.25) is 5.91 Å². The third-order valence-electron chi connectivity index (χ3n) is 6.09. The average molecular weight is 526 g/mol. The first-order valence-corrected chi connectivity index (χ1v) is 12.0. The quantitative estimate of drug-likeness (QED) is 0.179. The number of nitro benzene ring substituents is 1. The summed E-state index contributed by atoms with van der Waals surface area (Å²) in [5.41, 5.74) is 2.02. The van der Waals surface area contributed by atoms with Gasteiger partial charge in [0.15, 0.2) is 0 Å². The molecule has 39 heavy (non-hydrogen) atoms. The molecule has 0 fully saturated rings. The van der Waals surface area contributed by atoms with Crippen LogP contribution in [0.2, 0.25) is 0 Å². The molecule has 0 atom stereocenters. The standard InChI is InChI=1S/C27H23N7O5/c1-3-32(12-13-33-26(36)21-6-4-5-7-22(21)27(33)37)19-8-11-24(25(15-19)29-17(2)35)31-30-23-10-9-20(34(38)39)14-18(23)16-28/h4-11,14-15H,3,12-13H2,1-2H3,(H,29,35)/b31-30+. The number of carbonyl (C=O) groups excluding carboxylic acids is 3. The second-order valence-electron chi connectivity index (χ2n) is 8.54. The summed E-state index contributed by atoms with van der Waals surface area (Å²) in [4.78, 5) is 50.9. The molecule has 0 aromatic heterocycles. The van der Waals surface area contributed by atoms with Gasteiger partial charge in [0.1, 0.15) is 17.4 Å². The lowest BCUT2D eigenvalue weighted by atomic mass is 10.1. The van der Waals surface area contributed by atoms with Crippen LogP contribution in [0.4, 0.5) is 28.4 Å². The molecule has 0 saturated heterocycles. The Labute approximate surface area is 223 Å². The zero-order valence-electron chi connectivity index (χ0n) is 21.1. The Bertz CT molecular complexity index is 1530. The van der Waals surface area contributed by atoms with E-state index in [0.717, 1.165) is 6.07 Å². The number of nitrogens with zero attached hydrogens (tertiary/aromatic N) is 6. The van der Waals surface area contributed by atoms with E-state index in [4.69, 9.17) is 0 Å². The lowest BCUT2D eigenvalue weighted by Crippen LogP contribution is -2.38. The molecule has 0 radical (unpaired) electrons. The molecule has 196 valence electrons. The zero-order valence-corrected chi connectivity index (χ0v) is 21.1. The van der Waals surface area contributed by atoms with Crippen LogP contribution >= 0.6 is 0 Å². The maximum atomic E-state index is 12.7. The van der Waals surface area contributed by atoms with Crippen LogP contribution in [0.1, 0.15) is 40.1 Å². The number of non-ortho nitro benzene ring substituents is 1. The molecule has 1 aliphatic rings. The van der Waals surface area contributed by atoms with Crippen molar-refractivity contribution in [2.45, 2.75) is 13.8 Å². The van der Waals surface area contributed by atoms with Crippen LogP contribution in [0.15, 0.2) is 70.9 Å². The smallest absolute Gasteiger partial charge is 0.270 e. The van der Waals surface area contributed by atoms with E-state index in [1.165, 1.54) is 24.0 Å². The third-order valence-corrected chi connectivity index (χ3v) is 6.09. The Balaban J connectivity index is 1.56. The number of azo groups is 1. The average Bonchev–Trinajstić information content (AvgIpc) is 3.17. The van der Waals surface area contributed by atoms with Crippen LogP contribution < -0.4 is 10.2 Å². The molecule has 4 rings (SSSR count). The van der Waals surface area contributed by atoms with Crippen LogP contribution in [0, 0.1) is 21.4 Å². The lowest BCUT2D eigenvalue weighted by Gasteiger charge is -2.26. The molecule has 0 aliphatic carbocycles. The van der Waals surface area contributed by atoms with Crippen molar-refractivity contribution in [2.24, 2.45) is 10.2 Å². The lowest BCUT2D eigenvalue weighted by molar-refractivity contribution is -0.384. The number of hydrogen-bond acceptors (Lipinski definition) is 9. The zero-order chi connectivity index (χ0) is 28.1. The molecule has 1 aliphatic heterocycles. The number of imide groups is 1. The van der Waals surface area contributed by atoms with Crippen LogP contribution in [-0.4, -0.2) is 47.2 Å². The van der Waals surface area contributed by atoms with Crippen molar-refractivity contribution in [1.29, 1.82) is 5.26 Å². The topological polar surface area (TPSA) is 161 Å². The molecule has 12 heteroatoms. The van der Waals surface area contributed by atoms with E-state index in [-0.39, 0.29) is 41.2 Å². The fraction of sp³-hybridized carbons (Fsp3) is 0.185. The number of rotatable bonds is 9. The van der Waals surface area contributed by atoms with E-state index in [9.17, 15) is 29.8 Å². The van der Waals surface area contributed by atoms with Crippen LogP contribution in [0.25, 0.3) is 0 Å². The number of nitriles is 1. The highest BCUT2D eigenvalue weighted by Crippen LogP contribution is 2.33. The molecule has 0 bridgehead atoms. The molecule has 0 saturated carbocycles. The fourth-order valence-electron chi connectivity index (χ4n) is 4.15. The first-order valence-electron chi connectivity index (χ1n) is 12.0. The summed E-state index contributed by atoms with van der Waals surface area (Å²) < 4.78 is 0. The Hall–Kier alpha value is -5.44. The molecule has 12 nitrogen and oxygen atoms in total. The number of amides is 3. The third kappa shape index (κ3) is 5.62. The number of fused-ring (bicyclic) bond motifs is 1. The van der Waals surface area contributed by atoms with Gasteiger partial charge >= 0.3 is 0 Å². The second kappa shape index (κ2) is 11.3. The summed E-state index contributed by atoms with van der Waals surface area (Å²) in [6.45, 7) is 4.35. The summed E-state index contributed by atoms with van der Waals surface area (Å²) in [6, 6.07) is 17.3. The van der Waals surface area contributed by atoms with Crippen molar-refractivity contribution >= 4 is 46.2 Å². The molecule has 3 aromatic carbocycles. The van der Waals surface area contributed by atoms with Crippen molar-refractivity contribution < 1.29 is 19.3 Å². The maximum Gasteiger partial charge on any atom is 0.270 e. The number of nitrogens with one attached hydrogen (secondary N) is 1. The predicted octanol–water partition coefficient (Wildman–Crippen LogP) is 4.96. The number of likely N-dealkylation sites (N-methyl/N-ethyl adjacent to an activating group) is 1. The minimum atomic E-state index is -0.608. The summed E-state index contributed by atoms with van der Waals surface area (Å²) in [5.74, 6) is -1.00. The molecular weight excluding hydrogens is 502 g/mol. The summed E-state index contributed by atoms with van der Waals surface area (Å²) >= 11 is 0. The molecule has 0 unspecified atom stereocenters. The monoisotopic (exact) mass is 525 g/mol. The van der Waals surface area contributed by atoms with Gasteiger partial charge in [-0.1, -0.05) is 12.1 Å². The number of carbonyl (C=O) groups is 3. The summed E-state index contributed by atoms with van der Waals surface area (Å²) in [6.07, 6.45) is 0. The first-order chi connectivity index (χ1) is 18.7. The van der Waals surface area contributed by atoms with Gasteiger partial charge in [-0.25, -0.2) is 0 Å². The number of hydrogen-bond donors (Lipinski definition) is 1. The maximum absolute atomic E-state index is 12.7. The van der Waals surface area contributed by atoms with Gasteiger partial charge in [0.05, 0.1) is 27.3 Å². The van der Waals surface area contributed by atoms with Crippen molar-refractivity contribution in [1.82, 2.24) is 4.90 Å². The van der Waals surface area contributed by atoms with Crippen molar-refractivity contribution in [3.8, 4) is 6.07 Å². The van der Waals surface area contributed by atoms with Gasteiger partial charge in [-0.3, -0.25) is 29.4 Å². The molecule has 3 aromatic rings. The fourth-order valence-corrected chi connectivity index (χ4v) is 4.15. The molecule has 0 spiro atoms. The number of anilines is 2. The molecule has 1 heterocycles. The highest BCUT2D eigenvalue weighted by Gasteiger charge is 2.34. The van der Waals surface area contributed by atoms with Gasteiger partial charge in [0, 0.05) is 44.4 Å². The number of benzene rings is 3. The van der Waals surface area contributed by atoms with Crippen molar-refractivity contribution in [3.63, 3.8) is 0 Å². The van der Waals surface area contributed by atoms with Crippen LogP contribution in [0.5, 0.6) is 0 Å². The second-order valence-corrected chi connectivity index (χ2v) is 8.54. The minimum absolute atomic E-state index is 0.0176. The Morgan fingerprint density at radius 1 is 1.05 bits per heavy atom. The highest BCUT2D eigenvalue weighted by molar-refractivity contribution is 6.21. The van der Waals surface area contributed by atoms with E-state index in [1.54, 1.807) is 42.5 Å². The highest BCUT2D eigenvalue weighted by atomic mass is 16.6. The molecule has 3 amide bonds. The SMILES string of the molecule is CCN(CCN1C(=O)c2ccccc2C1=O)c1ccc(/N=N/c2ccc([N+](=O)[O-])cc2C#N)c(NC(C)=O)c1. The normalized spacial score (nSPS) is 12.4. The molecule has 1 N–H and O–H groups in total. The summed E-state index contributed by atoms with van der Waals surface area (Å²) in [5, 5.41) is 31.3. The summed E-state index contributed by atoms with van der Waals surface area (Å²) in [7, 11) is 0. The Morgan fingerprint density at radius 2 is 1.69 bits per heavy atom.